The third kappa shape index (κ3) is 12.7. The normalized spacial score (nSPS) is 14.9. The van der Waals surface area contributed by atoms with Crippen LogP contribution in [0.15, 0.2) is 71.8 Å². The maximum Gasteiger partial charge on any atom is 0.243 e. The van der Waals surface area contributed by atoms with Crippen molar-refractivity contribution in [3.8, 4) is 0 Å². The van der Waals surface area contributed by atoms with E-state index in [1.165, 1.54) is 24.0 Å². The number of hydrogen-bond acceptors (Lipinski definition) is 8. The Hall–Kier alpha value is -3.52. The van der Waals surface area contributed by atoms with Gasteiger partial charge in [-0.3, -0.25) is 19.4 Å². The molecule has 274 valence electrons. The van der Waals surface area contributed by atoms with E-state index in [4.69, 9.17) is 0 Å². The highest BCUT2D eigenvalue weighted by atomic mass is 32.2. The molecule has 3 rings (SSSR count). The predicted molar refractivity (Wildman–Crippen MR) is 200 cm³/mol. The van der Waals surface area contributed by atoms with E-state index >= 15 is 0 Å². The number of aliphatic hydroxyl groups excluding tert-OH is 1. The lowest BCUT2D eigenvalue weighted by Crippen LogP contribution is -2.53. The number of aliphatic hydroxyl groups is 1. The van der Waals surface area contributed by atoms with Gasteiger partial charge < -0.3 is 21.1 Å². The molecule has 13 heteroatoms. The van der Waals surface area contributed by atoms with Crippen LogP contribution in [-0.2, 0) is 31.0 Å². The van der Waals surface area contributed by atoms with Crippen LogP contribution >= 0.6 is 11.8 Å². The molecule has 0 aliphatic carbocycles. The highest BCUT2D eigenvalue weighted by Gasteiger charge is 2.32. The Balaban J connectivity index is 1.70. The number of benzene rings is 2. The molecule has 50 heavy (non-hydrogen) atoms. The molecular weight excluding hydrogens is 675 g/mol. The number of para-hydroxylation sites is 1. The molecule has 0 saturated heterocycles. The van der Waals surface area contributed by atoms with Crippen molar-refractivity contribution in [2.45, 2.75) is 96.0 Å². The lowest BCUT2D eigenvalue weighted by molar-refractivity contribution is -0.132. The van der Waals surface area contributed by atoms with Gasteiger partial charge >= 0.3 is 0 Å². The summed E-state index contributed by atoms with van der Waals surface area (Å²) in [5.41, 5.74) is 1.25. The first kappa shape index (κ1) is 40.9. The van der Waals surface area contributed by atoms with Gasteiger partial charge in [0.2, 0.25) is 27.7 Å². The molecule has 2 aromatic carbocycles. The summed E-state index contributed by atoms with van der Waals surface area (Å²) in [6.07, 6.45) is 3.35. The van der Waals surface area contributed by atoms with Crippen LogP contribution in [0.25, 0.3) is 10.9 Å². The van der Waals surface area contributed by atoms with E-state index in [9.17, 15) is 27.9 Å². The van der Waals surface area contributed by atoms with Crippen molar-refractivity contribution in [1.29, 1.82) is 0 Å². The predicted octanol–water partition coefficient (Wildman–Crippen LogP) is 4.40. The van der Waals surface area contributed by atoms with Crippen molar-refractivity contribution < 1.29 is 27.9 Å². The van der Waals surface area contributed by atoms with Crippen molar-refractivity contribution in [2.75, 3.05) is 12.0 Å². The molecule has 0 unspecified atom stereocenters. The number of carbonyl (C=O) groups excluding carboxylic acids is 3. The largest absolute Gasteiger partial charge is 0.391 e. The van der Waals surface area contributed by atoms with Crippen LogP contribution in [0.3, 0.4) is 0 Å². The first-order valence-corrected chi connectivity index (χ1v) is 20.0. The summed E-state index contributed by atoms with van der Waals surface area (Å²) in [5.74, 6) is -1.18. The monoisotopic (exact) mass is 727 g/mol. The topological polar surface area (TPSA) is 167 Å². The third-order valence-electron chi connectivity index (χ3n) is 8.32. The summed E-state index contributed by atoms with van der Waals surface area (Å²) in [4.78, 5) is 44.4. The fourth-order valence-corrected chi connectivity index (χ4v) is 7.57. The second kappa shape index (κ2) is 19.8. The first-order chi connectivity index (χ1) is 23.7. The van der Waals surface area contributed by atoms with Crippen LogP contribution in [0.4, 0.5) is 0 Å². The first-order valence-electron chi connectivity index (χ1n) is 17.2. The highest BCUT2D eigenvalue weighted by Crippen LogP contribution is 2.22. The molecule has 0 aliphatic rings. The fraction of sp³-hybridized carbons (Fsp3) is 0.514. The Morgan fingerprint density at radius 1 is 0.800 bits per heavy atom. The van der Waals surface area contributed by atoms with Crippen LogP contribution in [0.5, 0.6) is 0 Å². The van der Waals surface area contributed by atoms with E-state index in [-0.39, 0.29) is 41.4 Å². The van der Waals surface area contributed by atoms with Crippen LogP contribution in [-0.4, -0.2) is 72.5 Å². The number of thioether (sulfide) groups is 1. The van der Waals surface area contributed by atoms with E-state index in [0.717, 1.165) is 5.56 Å². The number of aromatic nitrogens is 1. The molecule has 0 radical (unpaired) electrons. The van der Waals surface area contributed by atoms with Gasteiger partial charge in [0.15, 0.2) is 0 Å². The Kier molecular flexibility index (Phi) is 16.2. The number of carbonyl (C=O) groups is 3. The van der Waals surface area contributed by atoms with Crippen LogP contribution < -0.4 is 20.7 Å². The van der Waals surface area contributed by atoms with Gasteiger partial charge in [0, 0.05) is 24.0 Å². The van der Waals surface area contributed by atoms with Crippen LogP contribution in [0.1, 0.15) is 65.9 Å². The number of hydrogen-bond donors (Lipinski definition) is 5. The number of sulfonamides is 1. The number of fused-ring (bicyclic) bond motifs is 1. The smallest absolute Gasteiger partial charge is 0.243 e. The summed E-state index contributed by atoms with van der Waals surface area (Å²) in [7, 11) is -4.15. The van der Waals surface area contributed by atoms with Gasteiger partial charge in [-0.2, -0.15) is 16.5 Å². The Labute approximate surface area is 301 Å². The number of pyridine rings is 1. The van der Waals surface area contributed by atoms with Crippen molar-refractivity contribution in [3.63, 3.8) is 0 Å². The Bertz CT molecular complexity index is 1650. The van der Waals surface area contributed by atoms with Crippen molar-refractivity contribution in [2.24, 2.45) is 17.8 Å². The molecule has 0 spiro atoms. The zero-order valence-electron chi connectivity index (χ0n) is 29.9. The third-order valence-corrected chi connectivity index (χ3v) is 10.5. The lowest BCUT2D eigenvalue weighted by atomic mass is 9.92. The van der Waals surface area contributed by atoms with Gasteiger partial charge in [-0.1, -0.05) is 83.1 Å². The fourth-order valence-electron chi connectivity index (χ4n) is 5.69. The quantitative estimate of drug-likeness (QED) is 0.114. The average Bonchev–Trinajstić information content (AvgIpc) is 3.07. The SMILES string of the molecule is CSCC[C@H](NS(=O)(=O)c1cccc2cccnc12)C(=O)N[C@@H](CC(C)C)[C@@H](O)C[C@@H](C)C(=O)N[C@@H](CC(C)C)C(=O)NCc1ccccc1. The Morgan fingerprint density at radius 2 is 1.48 bits per heavy atom. The molecule has 0 saturated carbocycles. The Morgan fingerprint density at radius 3 is 2.14 bits per heavy atom. The number of nitrogens with one attached hydrogen (secondary N) is 4. The van der Waals surface area contributed by atoms with Gasteiger partial charge in [0.25, 0.3) is 0 Å². The molecule has 11 nitrogen and oxygen atoms in total. The van der Waals surface area contributed by atoms with Crippen LogP contribution in [0.2, 0.25) is 0 Å². The molecule has 3 amide bonds. The van der Waals surface area contributed by atoms with Crippen molar-refractivity contribution in [3.05, 3.63) is 72.4 Å². The highest BCUT2D eigenvalue weighted by molar-refractivity contribution is 7.98. The number of amides is 3. The maximum atomic E-state index is 13.7. The van der Waals surface area contributed by atoms with Crippen molar-refractivity contribution >= 4 is 50.4 Å². The zero-order chi connectivity index (χ0) is 36.8. The van der Waals surface area contributed by atoms with Gasteiger partial charge in [0.1, 0.15) is 17.0 Å². The average molecular weight is 728 g/mol. The second-order valence-corrected chi connectivity index (χ2v) is 16.3. The lowest BCUT2D eigenvalue weighted by Gasteiger charge is -2.30. The molecule has 1 aromatic heterocycles. The van der Waals surface area contributed by atoms with Gasteiger partial charge in [-0.15, -0.1) is 0 Å². The van der Waals surface area contributed by atoms with E-state index < -0.39 is 46.1 Å². The molecule has 0 fully saturated rings. The van der Waals surface area contributed by atoms with E-state index in [1.807, 2.05) is 64.3 Å². The minimum absolute atomic E-state index is 0.0203. The van der Waals surface area contributed by atoms with E-state index in [1.54, 1.807) is 31.2 Å². The molecule has 5 N–H and O–H groups in total. The summed E-state index contributed by atoms with van der Waals surface area (Å²) in [5, 5.41) is 20.7. The van der Waals surface area contributed by atoms with Crippen LogP contribution in [0, 0.1) is 17.8 Å². The number of nitrogens with zero attached hydrogens (tertiary/aromatic N) is 1. The van der Waals surface area contributed by atoms with Gasteiger partial charge in [0.05, 0.1) is 17.7 Å². The zero-order valence-corrected chi connectivity index (χ0v) is 31.5. The molecule has 1 heterocycles. The maximum absolute atomic E-state index is 13.7. The number of rotatable bonds is 20. The standard InChI is InChI=1S/C37H53N5O6S2/c1-24(2)20-30(32(43)22-26(5)35(44)41-31(21-25(3)4)36(45)39-23-27-12-8-7-9-13-27)40-37(46)29(17-19-49-6)42-50(47,48)33-16-10-14-28-15-11-18-38-34(28)33/h7-16,18,24-26,29-32,42-43H,17,19-23H2,1-6H3,(H,39,45)(H,40,46)(H,41,44)/t26-,29+,30+,31+,32+/m1/s1. The van der Waals surface area contributed by atoms with E-state index in [2.05, 4.69) is 25.7 Å². The summed E-state index contributed by atoms with van der Waals surface area (Å²) >= 11 is 1.48. The minimum atomic E-state index is -4.15. The summed E-state index contributed by atoms with van der Waals surface area (Å²) in [6.45, 7) is 9.86. The molecular formula is C37H53N5O6S2. The van der Waals surface area contributed by atoms with Gasteiger partial charge in [-0.25, -0.2) is 8.42 Å². The summed E-state index contributed by atoms with van der Waals surface area (Å²) in [6, 6.07) is 15.2. The molecule has 0 bridgehead atoms. The summed E-state index contributed by atoms with van der Waals surface area (Å²) < 4.78 is 29.8. The van der Waals surface area contributed by atoms with E-state index in [0.29, 0.717) is 36.0 Å². The molecule has 3 aromatic rings. The second-order valence-electron chi connectivity index (χ2n) is 13.6. The molecule has 0 aliphatic heterocycles. The van der Waals surface area contributed by atoms with Crippen molar-refractivity contribution in [1.82, 2.24) is 25.7 Å². The van der Waals surface area contributed by atoms with Gasteiger partial charge in [-0.05, 0) is 67.2 Å². The molecule has 5 atom stereocenters. The minimum Gasteiger partial charge on any atom is -0.391 e.